The molecule has 2 nitrogen and oxygen atoms in total. The number of hydrogen-bond acceptors (Lipinski definition) is 2. The van der Waals surface area contributed by atoms with E-state index in [2.05, 4.69) is 6.92 Å². The van der Waals surface area contributed by atoms with E-state index in [-0.39, 0.29) is 5.54 Å². The van der Waals surface area contributed by atoms with E-state index in [9.17, 15) is 0 Å². The summed E-state index contributed by atoms with van der Waals surface area (Å²) in [5, 5.41) is 0. The largest absolute Gasteiger partial charge is 0.381 e. The molecule has 94 valence electrons. The highest BCUT2D eigenvalue weighted by Crippen LogP contribution is 2.39. The van der Waals surface area contributed by atoms with E-state index in [1.54, 1.807) is 0 Å². The van der Waals surface area contributed by atoms with E-state index in [4.69, 9.17) is 10.5 Å². The van der Waals surface area contributed by atoms with Crippen molar-refractivity contribution < 1.29 is 4.74 Å². The molecule has 1 saturated heterocycles. The fraction of sp³-hybridized carbons (Fsp3) is 1.00. The van der Waals surface area contributed by atoms with Gasteiger partial charge in [-0.1, -0.05) is 26.2 Å². The van der Waals surface area contributed by atoms with Gasteiger partial charge in [-0.15, -0.1) is 0 Å². The number of rotatable bonds is 2. The van der Waals surface area contributed by atoms with Gasteiger partial charge in [-0.05, 0) is 43.9 Å². The summed E-state index contributed by atoms with van der Waals surface area (Å²) < 4.78 is 5.54. The highest BCUT2D eigenvalue weighted by atomic mass is 16.5. The SMILES string of the molecule is CCC1CCC(C2(N)CCCOCC2)CC1. The maximum Gasteiger partial charge on any atom is 0.0483 e. The third-order valence-corrected chi connectivity index (χ3v) is 4.88. The summed E-state index contributed by atoms with van der Waals surface area (Å²) in [4.78, 5) is 0. The third kappa shape index (κ3) is 2.78. The van der Waals surface area contributed by atoms with Gasteiger partial charge in [-0.25, -0.2) is 0 Å². The third-order valence-electron chi connectivity index (χ3n) is 4.88. The van der Waals surface area contributed by atoms with Crippen LogP contribution in [-0.2, 0) is 4.74 Å². The Morgan fingerprint density at radius 2 is 1.88 bits per heavy atom. The second-order valence-corrected chi connectivity index (χ2v) is 5.82. The molecule has 2 fully saturated rings. The van der Waals surface area contributed by atoms with E-state index >= 15 is 0 Å². The van der Waals surface area contributed by atoms with Crippen molar-refractivity contribution in [1.29, 1.82) is 0 Å². The predicted molar refractivity (Wildman–Crippen MR) is 67.3 cm³/mol. The van der Waals surface area contributed by atoms with Crippen molar-refractivity contribution in [2.45, 2.75) is 63.8 Å². The van der Waals surface area contributed by atoms with Crippen LogP contribution in [0.1, 0.15) is 58.3 Å². The molecule has 2 rings (SSSR count). The Hall–Kier alpha value is -0.0800. The van der Waals surface area contributed by atoms with Crippen LogP contribution >= 0.6 is 0 Å². The van der Waals surface area contributed by atoms with E-state index in [1.165, 1.54) is 38.5 Å². The van der Waals surface area contributed by atoms with Crippen molar-refractivity contribution in [3.05, 3.63) is 0 Å². The molecule has 1 aliphatic carbocycles. The molecule has 16 heavy (non-hydrogen) atoms. The summed E-state index contributed by atoms with van der Waals surface area (Å²) in [5.74, 6) is 1.74. The van der Waals surface area contributed by atoms with Crippen LogP contribution in [0.25, 0.3) is 0 Å². The fourth-order valence-corrected chi connectivity index (χ4v) is 3.55. The average molecular weight is 225 g/mol. The quantitative estimate of drug-likeness (QED) is 0.783. The van der Waals surface area contributed by atoms with Gasteiger partial charge < -0.3 is 10.5 Å². The maximum absolute atomic E-state index is 6.64. The Balaban J connectivity index is 1.90. The first-order chi connectivity index (χ1) is 7.74. The van der Waals surface area contributed by atoms with E-state index < -0.39 is 0 Å². The Morgan fingerprint density at radius 3 is 2.56 bits per heavy atom. The molecule has 2 heteroatoms. The minimum atomic E-state index is 0.0925. The molecule has 1 aliphatic heterocycles. The van der Waals surface area contributed by atoms with Crippen molar-refractivity contribution in [3.8, 4) is 0 Å². The Labute approximate surface area is 99.9 Å². The maximum atomic E-state index is 6.64. The van der Waals surface area contributed by atoms with Crippen molar-refractivity contribution >= 4 is 0 Å². The number of hydrogen-bond donors (Lipinski definition) is 1. The van der Waals surface area contributed by atoms with Crippen LogP contribution in [0, 0.1) is 11.8 Å². The molecule has 0 aromatic heterocycles. The monoisotopic (exact) mass is 225 g/mol. The van der Waals surface area contributed by atoms with Crippen LogP contribution < -0.4 is 5.73 Å². The fourth-order valence-electron chi connectivity index (χ4n) is 3.55. The van der Waals surface area contributed by atoms with Gasteiger partial charge in [0.05, 0.1) is 0 Å². The van der Waals surface area contributed by atoms with Crippen LogP contribution in [0.4, 0.5) is 0 Å². The molecule has 2 aliphatic rings. The molecule has 0 spiro atoms. The summed E-state index contributed by atoms with van der Waals surface area (Å²) in [6.07, 6.45) is 10.3. The molecular weight excluding hydrogens is 198 g/mol. The molecular formula is C14H27NO. The average Bonchev–Trinajstić information content (AvgIpc) is 2.55. The molecule has 1 saturated carbocycles. The van der Waals surface area contributed by atoms with Gasteiger partial charge in [0.2, 0.25) is 0 Å². The minimum Gasteiger partial charge on any atom is -0.381 e. The van der Waals surface area contributed by atoms with E-state index in [1.807, 2.05) is 0 Å². The Morgan fingerprint density at radius 1 is 1.12 bits per heavy atom. The number of ether oxygens (including phenoxy) is 1. The smallest absolute Gasteiger partial charge is 0.0483 e. The van der Waals surface area contributed by atoms with Crippen LogP contribution in [0.15, 0.2) is 0 Å². The molecule has 1 unspecified atom stereocenters. The van der Waals surface area contributed by atoms with Crippen LogP contribution in [0.3, 0.4) is 0 Å². The van der Waals surface area contributed by atoms with Crippen LogP contribution in [-0.4, -0.2) is 18.8 Å². The summed E-state index contributed by atoms with van der Waals surface area (Å²) >= 11 is 0. The normalized spacial score (nSPS) is 41.6. The molecule has 1 heterocycles. The van der Waals surface area contributed by atoms with E-state index in [0.717, 1.165) is 37.9 Å². The summed E-state index contributed by atoms with van der Waals surface area (Å²) in [6, 6.07) is 0. The predicted octanol–water partition coefficient (Wildman–Crippen LogP) is 3.10. The van der Waals surface area contributed by atoms with Crippen LogP contribution in [0.5, 0.6) is 0 Å². The van der Waals surface area contributed by atoms with Crippen LogP contribution in [0.2, 0.25) is 0 Å². The standard InChI is InChI=1S/C14H27NO/c1-2-12-4-6-13(7-5-12)14(15)8-3-10-16-11-9-14/h12-13H,2-11,15H2,1H3. The first-order valence-corrected chi connectivity index (χ1v) is 7.11. The molecule has 0 aromatic rings. The van der Waals surface area contributed by atoms with Gasteiger partial charge in [-0.2, -0.15) is 0 Å². The van der Waals surface area contributed by atoms with Gasteiger partial charge in [0, 0.05) is 18.8 Å². The van der Waals surface area contributed by atoms with Crippen molar-refractivity contribution in [1.82, 2.24) is 0 Å². The van der Waals surface area contributed by atoms with Crippen molar-refractivity contribution in [2.75, 3.05) is 13.2 Å². The zero-order valence-electron chi connectivity index (χ0n) is 10.7. The van der Waals surface area contributed by atoms with Crippen molar-refractivity contribution in [2.24, 2.45) is 17.6 Å². The molecule has 0 bridgehead atoms. The summed E-state index contributed by atoms with van der Waals surface area (Å²) in [7, 11) is 0. The van der Waals surface area contributed by atoms with Gasteiger partial charge in [-0.3, -0.25) is 0 Å². The second kappa shape index (κ2) is 5.50. The highest BCUT2D eigenvalue weighted by Gasteiger charge is 2.37. The number of nitrogens with two attached hydrogens (primary N) is 1. The minimum absolute atomic E-state index is 0.0925. The lowest BCUT2D eigenvalue weighted by Crippen LogP contribution is -2.48. The lowest BCUT2D eigenvalue weighted by molar-refractivity contribution is 0.120. The Bertz CT molecular complexity index is 201. The van der Waals surface area contributed by atoms with E-state index in [0.29, 0.717) is 0 Å². The molecule has 2 N–H and O–H groups in total. The zero-order chi connectivity index (χ0) is 11.4. The summed E-state index contributed by atoms with van der Waals surface area (Å²) in [6.45, 7) is 4.12. The van der Waals surface area contributed by atoms with Gasteiger partial charge in [0.15, 0.2) is 0 Å². The van der Waals surface area contributed by atoms with Gasteiger partial charge in [0.25, 0.3) is 0 Å². The first-order valence-electron chi connectivity index (χ1n) is 7.11. The second-order valence-electron chi connectivity index (χ2n) is 5.82. The molecule has 0 amide bonds. The Kier molecular flexibility index (Phi) is 4.26. The lowest BCUT2D eigenvalue weighted by Gasteiger charge is -2.41. The highest BCUT2D eigenvalue weighted by molar-refractivity contribution is 4.94. The zero-order valence-corrected chi connectivity index (χ0v) is 10.7. The molecule has 0 radical (unpaired) electrons. The lowest BCUT2D eigenvalue weighted by atomic mass is 9.69. The van der Waals surface area contributed by atoms with Gasteiger partial charge in [0.1, 0.15) is 0 Å². The topological polar surface area (TPSA) is 35.2 Å². The molecule has 1 atom stereocenters. The molecule has 0 aromatic carbocycles. The van der Waals surface area contributed by atoms with Gasteiger partial charge >= 0.3 is 0 Å². The first kappa shape index (κ1) is 12.4. The summed E-state index contributed by atoms with van der Waals surface area (Å²) in [5.41, 5.74) is 6.73. The van der Waals surface area contributed by atoms with Crippen molar-refractivity contribution in [3.63, 3.8) is 0 Å².